The molecule has 0 aliphatic carbocycles. The second-order valence-electron chi connectivity index (χ2n) is 6.61. The number of likely N-dealkylation sites (N-methyl/N-ethyl adjacent to an activating group) is 1. The van der Waals surface area contributed by atoms with Crippen LogP contribution in [0.1, 0.15) is 0 Å². The Balaban J connectivity index is 1.60. The Hall–Kier alpha value is -3.37. The lowest BCUT2D eigenvalue weighted by atomic mass is 10.2. The Morgan fingerprint density at radius 3 is 2.25 bits per heavy atom. The predicted octanol–water partition coefficient (Wildman–Crippen LogP) is 3.04. The summed E-state index contributed by atoms with van der Waals surface area (Å²) in [7, 11) is 2.12. The minimum absolute atomic E-state index is 0.0764. The van der Waals surface area contributed by atoms with Crippen molar-refractivity contribution < 1.29 is 9.18 Å². The number of carbonyl (C=O) groups excluding carboxylic acids is 1. The van der Waals surface area contributed by atoms with E-state index in [1.807, 2.05) is 30.3 Å². The number of amides is 1. The molecule has 2 aromatic carbocycles. The number of halogens is 1. The second-order valence-corrected chi connectivity index (χ2v) is 6.61. The Kier molecular flexibility index (Phi) is 6.25. The smallest absolute Gasteiger partial charge is 0.267 e. The molecule has 0 spiro atoms. The topological polar surface area (TPSA) is 71.4 Å². The summed E-state index contributed by atoms with van der Waals surface area (Å²) in [5.41, 5.74) is 2.27. The monoisotopic (exact) mass is 379 g/mol. The van der Waals surface area contributed by atoms with Gasteiger partial charge in [0.1, 0.15) is 17.5 Å². The first-order valence-corrected chi connectivity index (χ1v) is 9.02. The average Bonchev–Trinajstić information content (AvgIpc) is 2.71. The summed E-state index contributed by atoms with van der Waals surface area (Å²) in [4.78, 5) is 16.8. The first kappa shape index (κ1) is 19.4. The van der Waals surface area contributed by atoms with Crippen molar-refractivity contribution in [2.24, 2.45) is 0 Å². The molecule has 6 nitrogen and oxygen atoms in total. The maximum atomic E-state index is 12.9. The maximum Gasteiger partial charge on any atom is 0.267 e. The summed E-state index contributed by atoms with van der Waals surface area (Å²) in [5.74, 6) is -0.952. The Bertz CT molecular complexity index is 879. The number of hydrogen-bond acceptors (Lipinski definition) is 5. The molecule has 1 aliphatic heterocycles. The van der Waals surface area contributed by atoms with E-state index in [0.717, 1.165) is 37.6 Å². The Morgan fingerprint density at radius 1 is 1.04 bits per heavy atom. The van der Waals surface area contributed by atoms with E-state index in [1.54, 1.807) is 0 Å². The van der Waals surface area contributed by atoms with Crippen LogP contribution in [0.15, 0.2) is 60.3 Å². The molecule has 1 heterocycles. The molecule has 0 aromatic heterocycles. The lowest BCUT2D eigenvalue weighted by Crippen LogP contribution is -2.44. The quantitative estimate of drug-likeness (QED) is 0.617. The molecule has 1 fully saturated rings. The number of anilines is 3. The average molecular weight is 379 g/mol. The zero-order chi connectivity index (χ0) is 19.9. The fourth-order valence-corrected chi connectivity index (χ4v) is 2.87. The Labute approximate surface area is 163 Å². The van der Waals surface area contributed by atoms with Gasteiger partial charge >= 0.3 is 0 Å². The van der Waals surface area contributed by atoms with Crippen molar-refractivity contribution in [2.45, 2.75) is 0 Å². The van der Waals surface area contributed by atoms with Gasteiger partial charge in [-0.15, -0.1) is 0 Å². The van der Waals surface area contributed by atoms with Gasteiger partial charge in [-0.1, -0.05) is 0 Å². The first-order chi connectivity index (χ1) is 13.5. The van der Waals surface area contributed by atoms with Crippen molar-refractivity contribution in [3.8, 4) is 6.07 Å². The van der Waals surface area contributed by atoms with Gasteiger partial charge in [-0.2, -0.15) is 5.26 Å². The van der Waals surface area contributed by atoms with Crippen molar-refractivity contribution >= 4 is 23.0 Å². The summed E-state index contributed by atoms with van der Waals surface area (Å²) < 4.78 is 12.9. The molecule has 0 unspecified atom stereocenters. The van der Waals surface area contributed by atoms with Crippen LogP contribution in [0.4, 0.5) is 21.5 Å². The summed E-state index contributed by atoms with van der Waals surface area (Å²) in [6.45, 7) is 4.06. The van der Waals surface area contributed by atoms with E-state index < -0.39 is 11.7 Å². The molecule has 2 aromatic rings. The number of piperazine rings is 1. The highest BCUT2D eigenvalue weighted by molar-refractivity contribution is 6.06. The van der Waals surface area contributed by atoms with Crippen LogP contribution in [0, 0.1) is 17.1 Å². The number of carbonyl (C=O) groups is 1. The molecule has 0 bridgehead atoms. The maximum absolute atomic E-state index is 12.9. The van der Waals surface area contributed by atoms with Gasteiger partial charge in [-0.3, -0.25) is 4.79 Å². The zero-order valence-corrected chi connectivity index (χ0v) is 15.7. The normalized spacial score (nSPS) is 15.0. The highest BCUT2D eigenvalue weighted by Crippen LogP contribution is 2.19. The molecular formula is C21H22FN5O. The molecule has 0 atom stereocenters. The summed E-state index contributed by atoms with van der Waals surface area (Å²) in [5, 5.41) is 14.8. The van der Waals surface area contributed by atoms with E-state index in [-0.39, 0.29) is 5.57 Å². The van der Waals surface area contributed by atoms with E-state index in [2.05, 4.69) is 27.5 Å². The lowest BCUT2D eigenvalue weighted by Gasteiger charge is -2.34. The van der Waals surface area contributed by atoms with Crippen LogP contribution in [-0.2, 0) is 4.79 Å². The van der Waals surface area contributed by atoms with Crippen LogP contribution in [0.25, 0.3) is 0 Å². The van der Waals surface area contributed by atoms with Gasteiger partial charge in [0.2, 0.25) is 0 Å². The molecule has 144 valence electrons. The molecular weight excluding hydrogens is 357 g/mol. The third-order valence-electron chi connectivity index (χ3n) is 4.59. The van der Waals surface area contributed by atoms with E-state index in [9.17, 15) is 14.4 Å². The van der Waals surface area contributed by atoms with Crippen LogP contribution in [0.5, 0.6) is 0 Å². The van der Waals surface area contributed by atoms with E-state index in [0.29, 0.717) is 5.69 Å². The highest BCUT2D eigenvalue weighted by Gasteiger charge is 2.14. The Morgan fingerprint density at radius 2 is 1.64 bits per heavy atom. The predicted molar refractivity (Wildman–Crippen MR) is 109 cm³/mol. The van der Waals surface area contributed by atoms with Crippen LogP contribution >= 0.6 is 0 Å². The van der Waals surface area contributed by atoms with Gasteiger partial charge in [0, 0.05) is 49.4 Å². The summed E-state index contributed by atoms with van der Waals surface area (Å²) in [6, 6.07) is 15.1. The second kappa shape index (κ2) is 9.02. The molecule has 7 heteroatoms. The van der Waals surface area contributed by atoms with Crippen molar-refractivity contribution in [3.63, 3.8) is 0 Å². The fourth-order valence-electron chi connectivity index (χ4n) is 2.87. The van der Waals surface area contributed by atoms with Crippen LogP contribution < -0.4 is 15.5 Å². The van der Waals surface area contributed by atoms with Gasteiger partial charge in [0.25, 0.3) is 5.91 Å². The third-order valence-corrected chi connectivity index (χ3v) is 4.59. The SMILES string of the molecule is CN1CCN(c2ccc(N/C=C(/C#N)C(=O)Nc3ccc(F)cc3)cc2)CC1. The van der Waals surface area contributed by atoms with Crippen molar-refractivity contribution in [1.29, 1.82) is 5.26 Å². The highest BCUT2D eigenvalue weighted by atomic mass is 19.1. The summed E-state index contributed by atoms with van der Waals surface area (Å²) in [6.07, 6.45) is 1.36. The van der Waals surface area contributed by atoms with Crippen molar-refractivity contribution in [2.75, 3.05) is 48.8 Å². The lowest BCUT2D eigenvalue weighted by molar-refractivity contribution is -0.112. The van der Waals surface area contributed by atoms with Gasteiger partial charge in [0.05, 0.1) is 0 Å². The molecule has 2 N–H and O–H groups in total. The molecule has 1 amide bonds. The number of nitrogens with zero attached hydrogens (tertiary/aromatic N) is 3. The molecule has 1 saturated heterocycles. The molecule has 0 radical (unpaired) electrons. The van der Waals surface area contributed by atoms with E-state index >= 15 is 0 Å². The number of nitrogens with one attached hydrogen (secondary N) is 2. The third kappa shape index (κ3) is 5.09. The first-order valence-electron chi connectivity index (χ1n) is 9.02. The van der Waals surface area contributed by atoms with Gasteiger partial charge in [0.15, 0.2) is 0 Å². The fraction of sp³-hybridized carbons (Fsp3) is 0.238. The largest absolute Gasteiger partial charge is 0.369 e. The van der Waals surface area contributed by atoms with E-state index in [1.165, 1.54) is 30.5 Å². The molecule has 0 saturated carbocycles. The zero-order valence-electron chi connectivity index (χ0n) is 15.7. The molecule has 3 rings (SSSR count). The number of rotatable bonds is 5. The van der Waals surface area contributed by atoms with Gasteiger partial charge < -0.3 is 20.4 Å². The van der Waals surface area contributed by atoms with Gasteiger partial charge in [-0.25, -0.2) is 4.39 Å². The van der Waals surface area contributed by atoms with E-state index in [4.69, 9.17) is 0 Å². The number of nitriles is 1. The van der Waals surface area contributed by atoms with Crippen molar-refractivity contribution in [3.05, 3.63) is 66.1 Å². The number of hydrogen-bond donors (Lipinski definition) is 2. The van der Waals surface area contributed by atoms with Crippen LogP contribution in [0.2, 0.25) is 0 Å². The van der Waals surface area contributed by atoms with Crippen LogP contribution in [-0.4, -0.2) is 44.0 Å². The summed E-state index contributed by atoms with van der Waals surface area (Å²) >= 11 is 0. The minimum atomic E-state index is -0.560. The van der Waals surface area contributed by atoms with Crippen molar-refractivity contribution in [1.82, 2.24) is 4.90 Å². The minimum Gasteiger partial charge on any atom is -0.369 e. The molecule has 28 heavy (non-hydrogen) atoms. The molecule has 1 aliphatic rings. The van der Waals surface area contributed by atoms with Crippen LogP contribution in [0.3, 0.4) is 0 Å². The van der Waals surface area contributed by atoms with Gasteiger partial charge in [-0.05, 0) is 55.6 Å². The number of benzene rings is 2. The standard InChI is InChI=1S/C21H22FN5O/c1-26-10-12-27(13-11-26)20-8-6-18(7-9-20)24-15-16(14-23)21(28)25-19-4-2-17(22)3-5-19/h2-9,15,24H,10-13H2,1H3,(H,25,28)/b16-15-.